The number of anilines is 2. The van der Waals surface area contributed by atoms with Crippen molar-refractivity contribution in [1.82, 2.24) is 9.97 Å². The van der Waals surface area contributed by atoms with Gasteiger partial charge in [-0.15, -0.1) is 0 Å². The number of hydrogen-bond donors (Lipinski definition) is 2. The molecule has 0 aliphatic carbocycles. The molecule has 0 unspecified atom stereocenters. The molecule has 0 saturated carbocycles. The van der Waals surface area contributed by atoms with E-state index >= 15 is 0 Å². The monoisotopic (exact) mass is 274 g/mol. The second kappa shape index (κ2) is 6.13. The molecule has 4 nitrogen and oxygen atoms in total. The largest absolute Gasteiger partial charge is 0.344 e. The molecule has 0 aliphatic rings. The second-order valence-corrected chi connectivity index (χ2v) is 4.20. The van der Waals surface area contributed by atoms with Gasteiger partial charge in [-0.2, -0.15) is 0 Å². The molecule has 2 aromatic heterocycles. The fraction of sp³-hybridized carbons (Fsp3) is 0. The number of rotatable bonds is 2. The average Bonchev–Trinajstić information content (AvgIpc) is 2.41. The van der Waals surface area contributed by atoms with Crippen LogP contribution in [0.3, 0.4) is 0 Å². The van der Waals surface area contributed by atoms with Gasteiger partial charge in [0.05, 0.1) is 0 Å². The summed E-state index contributed by atoms with van der Waals surface area (Å²) in [5, 5.41) is 6.07. The van der Waals surface area contributed by atoms with Crippen LogP contribution >= 0.6 is 24.4 Å². The first-order valence-corrected chi connectivity index (χ1v) is 6.00. The van der Waals surface area contributed by atoms with Crippen molar-refractivity contribution in [3.05, 3.63) is 49.1 Å². The number of pyridine rings is 2. The highest BCUT2D eigenvalue weighted by Gasteiger charge is 2.05. The number of hydrogen-bond acceptors (Lipinski definition) is 4. The second-order valence-electron chi connectivity index (χ2n) is 3.38. The Morgan fingerprint density at radius 2 is 1.06 bits per heavy atom. The van der Waals surface area contributed by atoms with Crippen molar-refractivity contribution in [1.29, 1.82) is 0 Å². The normalized spacial score (nSPS) is 9.56. The van der Waals surface area contributed by atoms with E-state index < -0.39 is 0 Å². The third-order valence-corrected chi connectivity index (χ3v) is 2.82. The molecule has 2 aromatic rings. The van der Waals surface area contributed by atoms with Gasteiger partial charge < -0.3 is 10.6 Å². The highest BCUT2D eigenvalue weighted by Crippen LogP contribution is 2.07. The van der Waals surface area contributed by atoms with E-state index in [2.05, 4.69) is 20.6 Å². The third kappa shape index (κ3) is 3.54. The molecule has 6 heteroatoms. The summed E-state index contributed by atoms with van der Waals surface area (Å²) in [6.07, 6.45) is 6.74. The zero-order chi connectivity index (χ0) is 12.8. The van der Waals surface area contributed by atoms with Gasteiger partial charge in [0, 0.05) is 36.2 Å². The molecule has 0 spiro atoms. The predicted octanol–water partition coefficient (Wildman–Crippen LogP) is 2.66. The van der Waals surface area contributed by atoms with Crippen LogP contribution in [0.4, 0.5) is 11.4 Å². The molecule has 0 aliphatic heterocycles. The summed E-state index contributed by atoms with van der Waals surface area (Å²) in [6.45, 7) is 0. The molecular weight excluding hydrogens is 264 g/mol. The quantitative estimate of drug-likeness (QED) is 0.821. The van der Waals surface area contributed by atoms with Crippen molar-refractivity contribution in [2.45, 2.75) is 0 Å². The first-order valence-electron chi connectivity index (χ1n) is 5.18. The maximum absolute atomic E-state index is 5.21. The minimum Gasteiger partial charge on any atom is -0.344 e. The van der Waals surface area contributed by atoms with Gasteiger partial charge in [0.25, 0.3) is 0 Å². The maximum atomic E-state index is 5.21. The van der Waals surface area contributed by atoms with Gasteiger partial charge in [-0.25, -0.2) is 0 Å². The standard InChI is InChI=1S/C12H10N4S2/c17-11(15-9-1-5-13-6-2-9)12(18)16-10-3-7-14-8-4-10/h1-8H,(H,13,15,17)(H,14,16,18). The van der Waals surface area contributed by atoms with Gasteiger partial charge in [0.2, 0.25) is 0 Å². The van der Waals surface area contributed by atoms with E-state index in [4.69, 9.17) is 24.4 Å². The van der Waals surface area contributed by atoms with Crippen LogP contribution < -0.4 is 10.6 Å². The van der Waals surface area contributed by atoms with Crippen LogP contribution in [0.1, 0.15) is 0 Å². The van der Waals surface area contributed by atoms with Gasteiger partial charge >= 0.3 is 0 Å². The van der Waals surface area contributed by atoms with Crippen LogP contribution in [0.25, 0.3) is 0 Å². The average molecular weight is 274 g/mol. The molecule has 90 valence electrons. The molecular formula is C12H10N4S2. The molecule has 0 atom stereocenters. The smallest absolute Gasteiger partial charge is 0.138 e. The molecule has 2 N–H and O–H groups in total. The molecule has 0 amide bonds. The topological polar surface area (TPSA) is 49.8 Å². The molecule has 2 rings (SSSR count). The van der Waals surface area contributed by atoms with Crippen molar-refractivity contribution in [2.75, 3.05) is 10.6 Å². The summed E-state index contributed by atoms with van der Waals surface area (Å²) in [5.41, 5.74) is 1.71. The molecule has 18 heavy (non-hydrogen) atoms. The lowest BCUT2D eigenvalue weighted by molar-refractivity contribution is 1.33. The van der Waals surface area contributed by atoms with E-state index in [1.807, 2.05) is 24.3 Å². The lowest BCUT2D eigenvalue weighted by atomic mass is 10.4. The highest BCUT2D eigenvalue weighted by atomic mass is 32.1. The van der Waals surface area contributed by atoms with Crippen molar-refractivity contribution >= 4 is 45.8 Å². The Hall–Kier alpha value is -1.92. The fourth-order valence-electron chi connectivity index (χ4n) is 1.25. The Labute approximate surface area is 115 Å². The Morgan fingerprint density at radius 3 is 1.39 bits per heavy atom. The zero-order valence-corrected chi connectivity index (χ0v) is 11.0. The van der Waals surface area contributed by atoms with Crippen LogP contribution in [0.5, 0.6) is 0 Å². The van der Waals surface area contributed by atoms with E-state index in [1.54, 1.807) is 24.8 Å². The molecule has 0 aromatic carbocycles. The van der Waals surface area contributed by atoms with Crippen molar-refractivity contribution in [2.24, 2.45) is 0 Å². The SMILES string of the molecule is S=C(Nc1ccncc1)C(=S)Nc1ccncc1. The zero-order valence-electron chi connectivity index (χ0n) is 9.33. The van der Waals surface area contributed by atoms with Crippen molar-refractivity contribution in [3.8, 4) is 0 Å². The number of aromatic nitrogens is 2. The van der Waals surface area contributed by atoms with Gasteiger partial charge in [-0.05, 0) is 24.3 Å². The van der Waals surface area contributed by atoms with E-state index in [0.29, 0.717) is 9.98 Å². The fourth-order valence-corrected chi connectivity index (χ4v) is 1.58. The Morgan fingerprint density at radius 1 is 0.722 bits per heavy atom. The molecule has 0 saturated heterocycles. The van der Waals surface area contributed by atoms with E-state index in [0.717, 1.165) is 11.4 Å². The predicted molar refractivity (Wildman–Crippen MR) is 80.9 cm³/mol. The summed E-state index contributed by atoms with van der Waals surface area (Å²) in [4.78, 5) is 8.78. The number of nitrogens with zero attached hydrogens (tertiary/aromatic N) is 2. The lowest BCUT2D eigenvalue weighted by Gasteiger charge is -2.10. The van der Waals surface area contributed by atoms with Gasteiger partial charge in [-0.1, -0.05) is 24.4 Å². The highest BCUT2D eigenvalue weighted by molar-refractivity contribution is 7.89. The van der Waals surface area contributed by atoms with Crippen LogP contribution in [0, 0.1) is 0 Å². The molecule has 2 heterocycles. The van der Waals surface area contributed by atoms with Gasteiger partial charge in [0.15, 0.2) is 0 Å². The number of thiocarbonyl (C=S) groups is 2. The molecule has 0 bridgehead atoms. The van der Waals surface area contributed by atoms with Crippen LogP contribution in [0.15, 0.2) is 49.1 Å². The Balaban J connectivity index is 1.96. The Bertz CT molecular complexity index is 491. The van der Waals surface area contributed by atoms with Crippen LogP contribution in [0.2, 0.25) is 0 Å². The third-order valence-electron chi connectivity index (χ3n) is 2.08. The summed E-state index contributed by atoms with van der Waals surface area (Å²) in [7, 11) is 0. The minimum absolute atomic E-state index is 0.466. The minimum atomic E-state index is 0.466. The van der Waals surface area contributed by atoms with Crippen molar-refractivity contribution in [3.63, 3.8) is 0 Å². The molecule has 0 radical (unpaired) electrons. The molecule has 0 fully saturated rings. The van der Waals surface area contributed by atoms with Crippen LogP contribution in [-0.4, -0.2) is 19.9 Å². The van der Waals surface area contributed by atoms with E-state index in [-0.39, 0.29) is 0 Å². The lowest BCUT2D eigenvalue weighted by Crippen LogP contribution is -2.25. The first kappa shape index (κ1) is 12.5. The van der Waals surface area contributed by atoms with Crippen LogP contribution in [-0.2, 0) is 0 Å². The maximum Gasteiger partial charge on any atom is 0.138 e. The summed E-state index contributed by atoms with van der Waals surface area (Å²) in [6, 6.07) is 7.28. The first-order chi connectivity index (χ1) is 8.75. The van der Waals surface area contributed by atoms with E-state index in [1.165, 1.54) is 0 Å². The summed E-state index contributed by atoms with van der Waals surface area (Å²) < 4.78 is 0. The summed E-state index contributed by atoms with van der Waals surface area (Å²) >= 11 is 10.4. The van der Waals surface area contributed by atoms with Crippen molar-refractivity contribution < 1.29 is 0 Å². The van der Waals surface area contributed by atoms with Gasteiger partial charge in [-0.3, -0.25) is 9.97 Å². The number of nitrogens with one attached hydrogen (secondary N) is 2. The summed E-state index contributed by atoms with van der Waals surface area (Å²) in [5.74, 6) is 0. The Kier molecular flexibility index (Phi) is 4.27. The van der Waals surface area contributed by atoms with E-state index in [9.17, 15) is 0 Å². The van der Waals surface area contributed by atoms with Gasteiger partial charge in [0.1, 0.15) is 9.98 Å².